The smallest absolute Gasteiger partial charge is 0.268 e. The number of aliphatic hydroxyl groups is 1. The Hall–Kier alpha value is -3.46. The number of rotatable bonds is 9. The van der Waals surface area contributed by atoms with Gasteiger partial charge in [-0.25, -0.2) is 4.90 Å². The summed E-state index contributed by atoms with van der Waals surface area (Å²) in [4.78, 5) is 17.4. The van der Waals surface area contributed by atoms with E-state index in [0.717, 1.165) is 11.1 Å². The van der Waals surface area contributed by atoms with E-state index in [1.807, 2.05) is 60.7 Å². The van der Waals surface area contributed by atoms with Crippen molar-refractivity contribution in [2.45, 2.75) is 30.4 Å². The van der Waals surface area contributed by atoms with Gasteiger partial charge in [0, 0.05) is 24.2 Å². The molecule has 1 aliphatic rings. The van der Waals surface area contributed by atoms with Crippen molar-refractivity contribution in [1.82, 2.24) is 9.80 Å². The van der Waals surface area contributed by atoms with Crippen molar-refractivity contribution in [3.63, 3.8) is 0 Å². The molecule has 2 unspecified atom stereocenters. The second kappa shape index (κ2) is 11.1. The fourth-order valence-corrected chi connectivity index (χ4v) is 5.11. The fourth-order valence-electron chi connectivity index (χ4n) is 4.70. The van der Waals surface area contributed by atoms with Crippen LogP contribution in [0.2, 0.25) is 0 Å². The van der Waals surface area contributed by atoms with Crippen LogP contribution in [-0.2, 0) is 17.9 Å². The van der Waals surface area contributed by atoms with E-state index in [1.165, 1.54) is 21.3 Å². The van der Waals surface area contributed by atoms with Crippen molar-refractivity contribution in [2.75, 3.05) is 21.3 Å². The lowest BCUT2D eigenvalue weighted by atomic mass is 9.99. The highest BCUT2D eigenvalue weighted by molar-refractivity contribution is 7.80. The van der Waals surface area contributed by atoms with Crippen molar-refractivity contribution in [1.29, 1.82) is 0 Å². The van der Waals surface area contributed by atoms with Gasteiger partial charge in [-0.2, -0.15) is 0 Å². The highest BCUT2D eigenvalue weighted by Gasteiger charge is 2.48. The summed E-state index contributed by atoms with van der Waals surface area (Å²) in [6.45, 7) is 4.60. The van der Waals surface area contributed by atoms with Gasteiger partial charge in [0.1, 0.15) is 6.17 Å². The normalized spacial score (nSPS) is 17.8. The van der Waals surface area contributed by atoms with Crippen LogP contribution < -0.4 is 14.2 Å². The topological polar surface area (TPSA) is 71.5 Å². The van der Waals surface area contributed by atoms with Gasteiger partial charge in [-0.3, -0.25) is 4.79 Å². The summed E-state index contributed by atoms with van der Waals surface area (Å²) < 4.78 is 17.1. The number of methoxy groups -OCH3 is 3. The van der Waals surface area contributed by atoms with Crippen LogP contribution in [0.3, 0.4) is 0 Å². The van der Waals surface area contributed by atoms with Crippen molar-refractivity contribution >= 4 is 24.6 Å². The zero-order valence-electron chi connectivity index (χ0n) is 20.5. The van der Waals surface area contributed by atoms with E-state index in [4.69, 9.17) is 26.8 Å². The van der Waals surface area contributed by atoms with E-state index in [1.54, 1.807) is 15.9 Å². The number of carbonyl (C=O) groups excluding carboxylic acids is 1. The third kappa shape index (κ3) is 4.55. The van der Waals surface area contributed by atoms with Crippen molar-refractivity contribution in [3.8, 4) is 17.2 Å². The molecular weight excluding hydrogens is 476 g/mol. The Balaban J connectivity index is 1.96. The maximum absolute atomic E-state index is 13.5. The first-order valence-corrected chi connectivity index (χ1v) is 11.9. The van der Waals surface area contributed by atoms with E-state index >= 15 is 0 Å². The van der Waals surface area contributed by atoms with Gasteiger partial charge in [0.25, 0.3) is 5.91 Å². The molecule has 0 radical (unpaired) electrons. The van der Waals surface area contributed by atoms with Gasteiger partial charge < -0.3 is 24.2 Å². The molecule has 1 fully saturated rings. The molecule has 0 spiro atoms. The average molecular weight is 507 g/mol. The average Bonchev–Trinajstić information content (AvgIpc) is 3.13. The minimum Gasteiger partial charge on any atom is -0.492 e. The van der Waals surface area contributed by atoms with Crippen LogP contribution in [-0.4, -0.2) is 48.4 Å². The number of thiol groups is 1. The SMILES string of the molecule is C=Cc1c(S)c(OC)c(OC)c(OC)c1C1N(Cc2ccccc2)C(=O)C(O)N1Cc1ccccc1. The van der Waals surface area contributed by atoms with E-state index in [0.29, 0.717) is 39.8 Å². The highest BCUT2D eigenvalue weighted by atomic mass is 32.1. The number of hydrogen-bond acceptors (Lipinski definition) is 7. The number of hydrogen-bond donors (Lipinski definition) is 2. The molecule has 1 heterocycles. The van der Waals surface area contributed by atoms with Gasteiger partial charge in [-0.1, -0.05) is 73.3 Å². The number of carbonyl (C=O) groups is 1. The molecule has 2 atom stereocenters. The summed E-state index contributed by atoms with van der Waals surface area (Å²) >= 11 is 4.73. The predicted octanol–water partition coefficient (Wildman–Crippen LogP) is 4.51. The fraction of sp³-hybridized carbons (Fsp3) is 0.250. The Labute approximate surface area is 216 Å². The highest BCUT2D eigenvalue weighted by Crippen LogP contribution is 2.52. The zero-order chi connectivity index (χ0) is 25.8. The molecule has 7 nitrogen and oxygen atoms in total. The molecule has 3 aromatic rings. The molecule has 0 aromatic heterocycles. The molecule has 36 heavy (non-hydrogen) atoms. The molecule has 8 heteroatoms. The third-order valence-corrected chi connectivity index (χ3v) is 6.77. The van der Waals surface area contributed by atoms with Gasteiger partial charge in [0.15, 0.2) is 17.7 Å². The van der Waals surface area contributed by atoms with Gasteiger partial charge in [0.2, 0.25) is 5.75 Å². The second-order valence-corrected chi connectivity index (χ2v) is 8.78. The third-order valence-electron chi connectivity index (χ3n) is 6.32. The summed E-state index contributed by atoms with van der Waals surface area (Å²) in [5.74, 6) is 0.710. The number of benzene rings is 3. The maximum atomic E-state index is 13.5. The van der Waals surface area contributed by atoms with Crippen molar-refractivity contribution < 1.29 is 24.1 Å². The van der Waals surface area contributed by atoms with Gasteiger partial charge in [-0.05, 0) is 11.1 Å². The largest absolute Gasteiger partial charge is 0.492 e. The zero-order valence-corrected chi connectivity index (χ0v) is 21.4. The Kier molecular flexibility index (Phi) is 7.88. The van der Waals surface area contributed by atoms with Gasteiger partial charge >= 0.3 is 0 Å². The molecule has 188 valence electrons. The monoisotopic (exact) mass is 506 g/mol. The Morgan fingerprint density at radius 3 is 1.92 bits per heavy atom. The number of aliphatic hydroxyl groups excluding tert-OH is 1. The summed E-state index contributed by atoms with van der Waals surface area (Å²) in [6, 6.07) is 19.3. The van der Waals surface area contributed by atoms with Crippen LogP contribution in [0, 0.1) is 0 Å². The van der Waals surface area contributed by atoms with E-state index < -0.39 is 18.3 Å². The first-order chi connectivity index (χ1) is 17.5. The molecular formula is C28H30N2O5S. The lowest BCUT2D eigenvalue weighted by Gasteiger charge is -2.34. The van der Waals surface area contributed by atoms with Crippen LogP contribution in [0.5, 0.6) is 17.2 Å². The molecule has 0 bridgehead atoms. The summed E-state index contributed by atoms with van der Waals surface area (Å²) in [5, 5.41) is 11.2. The number of ether oxygens (including phenoxy) is 3. The summed E-state index contributed by atoms with van der Waals surface area (Å²) in [6.07, 6.45) is -0.419. The van der Waals surface area contributed by atoms with Crippen LogP contribution in [0.1, 0.15) is 28.4 Å². The minimum atomic E-state index is -1.36. The molecule has 1 amide bonds. The van der Waals surface area contributed by atoms with Crippen LogP contribution in [0.4, 0.5) is 0 Å². The molecule has 4 rings (SSSR count). The van der Waals surface area contributed by atoms with E-state index in [2.05, 4.69) is 6.58 Å². The lowest BCUT2D eigenvalue weighted by Crippen LogP contribution is -2.34. The summed E-state index contributed by atoms with van der Waals surface area (Å²) in [7, 11) is 4.57. The quantitative estimate of drug-likeness (QED) is 0.417. The van der Waals surface area contributed by atoms with Crippen LogP contribution in [0.25, 0.3) is 6.08 Å². The minimum absolute atomic E-state index is 0.280. The van der Waals surface area contributed by atoms with Gasteiger partial charge in [-0.15, -0.1) is 12.6 Å². The predicted molar refractivity (Wildman–Crippen MR) is 141 cm³/mol. The molecule has 1 N–H and O–H groups in total. The Bertz CT molecular complexity index is 1240. The van der Waals surface area contributed by atoms with Crippen LogP contribution in [0.15, 0.2) is 72.1 Å². The molecule has 0 aliphatic carbocycles. The van der Waals surface area contributed by atoms with Crippen molar-refractivity contribution in [2.24, 2.45) is 0 Å². The lowest BCUT2D eigenvalue weighted by molar-refractivity contribution is -0.137. The van der Waals surface area contributed by atoms with Gasteiger partial charge in [0.05, 0.1) is 26.2 Å². The maximum Gasteiger partial charge on any atom is 0.268 e. The molecule has 3 aromatic carbocycles. The van der Waals surface area contributed by atoms with E-state index in [-0.39, 0.29) is 6.54 Å². The van der Waals surface area contributed by atoms with Crippen molar-refractivity contribution in [3.05, 3.63) is 89.5 Å². The molecule has 1 aliphatic heterocycles. The first kappa shape index (κ1) is 25.6. The summed E-state index contributed by atoms with van der Waals surface area (Å²) in [5.41, 5.74) is 3.10. The Morgan fingerprint density at radius 1 is 0.889 bits per heavy atom. The molecule has 0 saturated carbocycles. The van der Waals surface area contributed by atoms with Crippen LogP contribution >= 0.6 is 12.6 Å². The Morgan fingerprint density at radius 2 is 1.42 bits per heavy atom. The van der Waals surface area contributed by atoms with E-state index in [9.17, 15) is 9.90 Å². The second-order valence-electron chi connectivity index (χ2n) is 8.34. The number of amides is 1. The first-order valence-electron chi connectivity index (χ1n) is 11.5. The standard InChI is InChI=1S/C28H30N2O5S/c1-5-20-21(22(33-2)23(34-3)24(35-4)25(20)36)26-29(16-18-12-8-6-9-13-18)27(31)28(32)30(26)17-19-14-10-7-11-15-19/h5-15,26-27,31,36H,1,16-17H2,2-4H3. The number of nitrogens with zero attached hydrogens (tertiary/aromatic N) is 2. The molecule has 1 saturated heterocycles.